The molecule has 0 heterocycles. The van der Waals surface area contributed by atoms with E-state index in [0.717, 1.165) is 0 Å². The molecule has 0 aromatic carbocycles. The van der Waals surface area contributed by atoms with Crippen LogP contribution in [-0.4, -0.2) is 250 Å². The molecule has 1 unspecified atom stereocenters. The van der Waals surface area contributed by atoms with E-state index >= 15 is 0 Å². The fourth-order valence-corrected chi connectivity index (χ4v) is 3.34. The van der Waals surface area contributed by atoms with Crippen molar-refractivity contribution < 1.29 is 173 Å². The molecule has 0 aliphatic heterocycles. The molecule has 0 aromatic rings. The first-order valence-electron chi connectivity index (χ1n) is 12.4. The summed E-state index contributed by atoms with van der Waals surface area (Å²) in [5.41, 5.74) is 0. The molecular formula is C20H34O34. The van der Waals surface area contributed by atoms with E-state index in [4.69, 9.17) is 20.4 Å². The molecule has 0 aliphatic rings. The van der Waals surface area contributed by atoms with Crippen molar-refractivity contribution in [3.8, 4) is 0 Å². The third-order valence-corrected chi connectivity index (χ3v) is 7.15. The van der Waals surface area contributed by atoms with E-state index in [-0.39, 0.29) is 0 Å². The highest BCUT2D eigenvalue weighted by molar-refractivity contribution is 5.76. The Hall–Kier alpha value is -3.55. The SMILES string of the molecule is O=C(O)C(O)(O)C(O)(O)C(O)(O)C(O)C(O)(O)C(O)(O)C(O)=C(O)C(O)(O)C(O)=C(O)C(O)(O)C(O)=C(O)C(O)(O)C(O)(O)C(O)(O)C(O)(O)C(O)(O)O. The zero-order valence-corrected chi connectivity index (χ0v) is 25.2. The number of hydrogen-bond acceptors (Lipinski definition) is 33. The van der Waals surface area contributed by atoms with E-state index in [2.05, 4.69) is 0 Å². The number of carboxylic acids is 1. The first-order valence-corrected chi connectivity index (χ1v) is 12.4. The Bertz CT molecular complexity index is 1530. The van der Waals surface area contributed by atoms with Crippen LogP contribution in [0.5, 0.6) is 0 Å². The molecule has 0 radical (unpaired) electrons. The van der Waals surface area contributed by atoms with Crippen molar-refractivity contribution >= 4 is 5.97 Å². The van der Waals surface area contributed by atoms with Gasteiger partial charge in [-0.25, -0.2) is 4.79 Å². The van der Waals surface area contributed by atoms with Crippen molar-refractivity contribution in [2.24, 2.45) is 0 Å². The van der Waals surface area contributed by atoms with E-state index < -0.39 is 116 Å². The van der Waals surface area contributed by atoms with Crippen LogP contribution in [0.3, 0.4) is 0 Å². The number of carbonyl (C=O) groups is 1. The van der Waals surface area contributed by atoms with Gasteiger partial charge in [0.1, 0.15) is 0 Å². The van der Waals surface area contributed by atoms with Gasteiger partial charge in [-0.05, 0) is 0 Å². The highest BCUT2D eigenvalue weighted by Gasteiger charge is 2.78. The van der Waals surface area contributed by atoms with Crippen LogP contribution in [0.15, 0.2) is 34.6 Å². The van der Waals surface area contributed by atoms with E-state index in [0.29, 0.717) is 0 Å². The third kappa shape index (κ3) is 6.93. The first-order chi connectivity index (χ1) is 23.0. The van der Waals surface area contributed by atoms with Gasteiger partial charge in [0.05, 0.1) is 0 Å². The molecule has 0 rings (SSSR count). The van der Waals surface area contributed by atoms with E-state index in [1.165, 1.54) is 0 Å². The second kappa shape index (κ2) is 13.6. The van der Waals surface area contributed by atoms with Gasteiger partial charge in [0.25, 0.3) is 52.1 Å². The van der Waals surface area contributed by atoms with Gasteiger partial charge in [-0.3, -0.25) is 0 Å². The Morgan fingerprint density at radius 1 is 0.315 bits per heavy atom. The number of aliphatic hydroxyl groups excluding tert-OH is 7. The van der Waals surface area contributed by atoms with Gasteiger partial charge in [0, 0.05) is 0 Å². The fourth-order valence-electron chi connectivity index (χ4n) is 3.34. The average Bonchev–Trinajstić information content (AvgIpc) is 3.00. The van der Waals surface area contributed by atoms with Gasteiger partial charge >= 0.3 is 23.5 Å². The molecular weight excluding hydrogens is 784 g/mol. The lowest BCUT2D eigenvalue weighted by Crippen LogP contribution is -2.81. The summed E-state index contributed by atoms with van der Waals surface area (Å²) < 4.78 is 0. The number of rotatable bonds is 16. The molecule has 318 valence electrons. The van der Waals surface area contributed by atoms with Gasteiger partial charge in [-0.15, -0.1) is 0 Å². The average molecular weight is 818 g/mol. The molecule has 34 heteroatoms. The minimum absolute atomic E-state index is 3.25. The molecule has 0 saturated carbocycles. The van der Waals surface area contributed by atoms with Crippen LogP contribution in [0.25, 0.3) is 0 Å². The van der Waals surface area contributed by atoms with Gasteiger partial charge in [-0.2, -0.15) is 0 Å². The summed E-state index contributed by atoms with van der Waals surface area (Å²) in [5, 5.41) is 318. The van der Waals surface area contributed by atoms with Crippen LogP contribution in [0.4, 0.5) is 0 Å². The van der Waals surface area contributed by atoms with E-state index in [9.17, 15) is 153 Å². The summed E-state index contributed by atoms with van der Waals surface area (Å²) in [6.07, 6.45) is -4.76. The molecule has 34 nitrogen and oxygen atoms in total. The number of hydrogen-bond donors (Lipinski definition) is 33. The Morgan fingerprint density at radius 3 is 0.870 bits per heavy atom. The molecule has 54 heavy (non-hydrogen) atoms. The maximum absolute atomic E-state index is 10.9. The van der Waals surface area contributed by atoms with Crippen molar-refractivity contribution in [3.63, 3.8) is 0 Å². The summed E-state index contributed by atoms with van der Waals surface area (Å²) in [5.74, 6) is -90.9. The number of carboxylic acid groups (broad SMARTS) is 1. The number of aliphatic carboxylic acids is 1. The summed E-state index contributed by atoms with van der Waals surface area (Å²) in [6.45, 7) is 0. The van der Waals surface area contributed by atoms with E-state index in [1.807, 2.05) is 0 Å². The zero-order valence-electron chi connectivity index (χ0n) is 25.2. The molecule has 0 aromatic heterocycles. The van der Waals surface area contributed by atoms with Crippen molar-refractivity contribution in [2.75, 3.05) is 0 Å². The molecule has 0 fully saturated rings. The second-order valence-electron chi connectivity index (χ2n) is 10.9. The summed E-state index contributed by atoms with van der Waals surface area (Å²) >= 11 is 0. The fraction of sp³-hybridized carbons (Fsp3) is 0.650. The molecule has 0 bridgehead atoms. The zero-order chi connectivity index (χ0) is 44.6. The van der Waals surface area contributed by atoms with Gasteiger partial charge < -0.3 is 169 Å². The normalized spacial score (nSPS) is 17.7. The Kier molecular flexibility index (Phi) is 12.7. The van der Waals surface area contributed by atoms with Crippen LogP contribution in [0, 0.1) is 0 Å². The maximum atomic E-state index is 10.9. The molecule has 0 saturated heterocycles. The largest absolute Gasteiger partial charge is 0.504 e. The highest BCUT2D eigenvalue weighted by atomic mass is 16.8. The molecule has 1 atom stereocenters. The predicted molar refractivity (Wildman–Crippen MR) is 139 cm³/mol. The maximum Gasteiger partial charge on any atom is 0.370 e. The lowest BCUT2D eigenvalue weighted by molar-refractivity contribution is -0.563. The van der Waals surface area contributed by atoms with Crippen LogP contribution >= 0.6 is 0 Å². The predicted octanol–water partition coefficient (Wildman–Crippen LogP) is -16.5. The van der Waals surface area contributed by atoms with Crippen molar-refractivity contribution in [1.82, 2.24) is 0 Å². The minimum atomic E-state index is -5.92. The van der Waals surface area contributed by atoms with Crippen LogP contribution in [-0.2, 0) is 4.79 Å². The summed E-state index contributed by atoms with van der Waals surface area (Å²) in [7, 11) is 0. The van der Waals surface area contributed by atoms with Gasteiger partial charge in [0.2, 0.25) is 34.6 Å². The second-order valence-corrected chi connectivity index (χ2v) is 10.9. The first kappa shape index (κ1) is 50.4. The molecule has 33 N–H and O–H groups in total. The molecule has 0 spiro atoms. The Morgan fingerprint density at radius 2 is 0.593 bits per heavy atom. The Balaban J connectivity index is 7.49. The van der Waals surface area contributed by atoms with Crippen LogP contribution in [0.1, 0.15) is 0 Å². The standard InChI is InChI=1S/C20H34O34/c21-1(2(22)10(32,33)4(24)6(26)12(36,37)17(46,47)18(48,49)19(50,51)20(52,53)54)9(30,31)3(23)5(25)11(34,35)13(38,39)7(27)14(40,41)16(44,45)15(42,43)8(28)29/h7,21-27,30-54H,(H,28,29). The van der Waals surface area contributed by atoms with Gasteiger partial charge in [0.15, 0.2) is 6.10 Å². The highest BCUT2D eigenvalue weighted by Crippen LogP contribution is 2.43. The third-order valence-electron chi connectivity index (χ3n) is 7.15. The number of aliphatic hydroxyl groups is 32. The van der Waals surface area contributed by atoms with Crippen LogP contribution in [0.2, 0.25) is 0 Å². The van der Waals surface area contributed by atoms with Crippen molar-refractivity contribution in [2.45, 2.75) is 75.7 Å². The van der Waals surface area contributed by atoms with Crippen LogP contribution < -0.4 is 0 Å². The van der Waals surface area contributed by atoms with Crippen molar-refractivity contribution in [1.29, 1.82) is 0 Å². The van der Waals surface area contributed by atoms with E-state index in [1.54, 1.807) is 0 Å². The minimum Gasteiger partial charge on any atom is -0.504 e. The van der Waals surface area contributed by atoms with Crippen molar-refractivity contribution in [3.05, 3.63) is 34.6 Å². The summed E-state index contributed by atoms with van der Waals surface area (Å²) in [6, 6.07) is 0. The molecule has 0 aliphatic carbocycles. The Labute approximate surface area is 290 Å². The monoisotopic (exact) mass is 818 g/mol. The van der Waals surface area contributed by atoms with Gasteiger partial charge in [-0.1, -0.05) is 0 Å². The topological polar surface area (TPSA) is 685 Å². The lowest BCUT2D eigenvalue weighted by atomic mass is 9.83. The quantitative estimate of drug-likeness (QED) is 0.0508. The molecule has 0 amide bonds. The summed E-state index contributed by atoms with van der Waals surface area (Å²) in [4.78, 5) is 10.9. The lowest BCUT2D eigenvalue weighted by Gasteiger charge is -2.48. The smallest absolute Gasteiger partial charge is 0.370 e.